The molecule has 3 aromatic heterocycles. The summed E-state index contributed by atoms with van der Waals surface area (Å²) in [7, 11) is 0. The summed E-state index contributed by atoms with van der Waals surface area (Å²) < 4.78 is 13.4. The minimum absolute atomic E-state index is 0.137. The number of carboxylic acids is 1. The van der Waals surface area contributed by atoms with Crippen molar-refractivity contribution in [1.29, 1.82) is 0 Å². The lowest BCUT2D eigenvalue weighted by atomic mass is 10.1. The van der Waals surface area contributed by atoms with Gasteiger partial charge < -0.3 is 24.3 Å². The van der Waals surface area contributed by atoms with Crippen LogP contribution in [-0.2, 0) is 21.6 Å². The van der Waals surface area contributed by atoms with Gasteiger partial charge in [0, 0.05) is 13.1 Å². The molecule has 4 rings (SSSR count). The number of hydrogen-bond donors (Lipinski definition) is 2. The van der Waals surface area contributed by atoms with Crippen molar-refractivity contribution in [3.8, 4) is 10.8 Å². The minimum Gasteiger partial charge on any atom is -0.480 e. The second kappa shape index (κ2) is 12.3. The molecule has 1 aliphatic heterocycles. The largest absolute Gasteiger partial charge is 0.480 e. The summed E-state index contributed by atoms with van der Waals surface area (Å²) in [5.41, 5.74) is -2.54. The molecule has 0 aliphatic carbocycles. The van der Waals surface area contributed by atoms with Crippen LogP contribution in [0.15, 0.2) is 62.9 Å². The third-order valence-corrected chi connectivity index (χ3v) is 8.58. The molecule has 1 atom stereocenters. The fourth-order valence-corrected chi connectivity index (χ4v) is 6.10. The van der Waals surface area contributed by atoms with Crippen LogP contribution in [-0.4, -0.2) is 66.6 Å². The Morgan fingerprint density at radius 2 is 2.00 bits per heavy atom. The summed E-state index contributed by atoms with van der Waals surface area (Å²) >= 11 is 1.10. The molecule has 1 saturated heterocycles. The first-order chi connectivity index (χ1) is 19.9. The Bertz CT molecular complexity index is 1670. The summed E-state index contributed by atoms with van der Waals surface area (Å²) in [5, 5.41) is 20.0. The normalized spacial score (nSPS) is 15.8. The zero-order valence-corrected chi connectivity index (χ0v) is 24.7. The fraction of sp³-hybridized carbons (Fsp3) is 0.414. The van der Waals surface area contributed by atoms with E-state index in [0.717, 1.165) is 11.3 Å². The highest BCUT2D eigenvalue weighted by molar-refractivity contribution is 7.22. The average molecular weight is 599 g/mol. The van der Waals surface area contributed by atoms with Gasteiger partial charge in [0.15, 0.2) is 0 Å². The Labute approximate surface area is 245 Å². The lowest BCUT2D eigenvalue weighted by Gasteiger charge is -2.31. The van der Waals surface area contributed by atoms with Crippen molar-refractivity contribution in [2.24, 2.45) is 0 Å². The first-order valence-corrected chi connectivity index (χ1v) is 14.3. The molecule has 0 bridgehead atoms. The zero-order valence-electron chi connectivity index (χ0n) is 23.9. The van der Waals surface area contributed by atoms with E-state index in [9.17, 15) is 29.4 Å². The number of aryl methyl sites for hydroxylation is 1. The Morgan fingerprint density at radius 1 is 1.31 bits per heavy atom. The van der Waals surface area contributed by atoms with Gasteiger partial charge in [-0.05, 0) is 51.7 Å². The van der Waals surface area contributed by atoms with Gasteiger partial charge in [-0.3, -0.25) is 9.36 Å². The van der Waals surface area contributed by atoms with Crippen LogP contribution in [0, 0.1) is 6.92 Å². The summed E-state index contributed by atoms with van der Waals surface area (Å²) in [6.45, 7) is 10.1. The number of fused-ring (bicyclic) bond motifs is 1. The highest BCUT2D eigenvalue weighted by Crippen LogP contribution is 2.36. The van der Waals surface area contributed by atoms with Crippen molar-refractivity contribution >= 4 is 33.6 Å². The first kappa shape index (κ1) is 30.7. The maximum atomic E-state index is 14.1. The molecule has 224 valence electrons. The van der Waals surface area contributed by atoms with Crippen LogP contribution >= 0.6 is 11.3 Å². The lowest BCUT2D eigenvalue weighted by Crippen LogP contribution is -2.53. The Morgan fingerprint density at radius 3 is 2.57 bits per heavy atom. The van der Waals surface area contributed by atoms with E-state index in [-0.39, 0.29) is 22.7 Å². The van der Waals surface area contributed by atoms with E-state index < -0.39 is 41.1 Å². The third kappa shape index (κ3) is 5.74. The lowest BCUT2D eigenvalue weighted by molar-refractivity contribution is -0.146. The number of aliphatic carboxylic acids is 1. The van der Waals surface area contributed by atoms with Gasteiger partial charge in [0.1, 0.15) is 22.7 Å². The molecule has 0 saturated carbocycles. The van der Waals surface area contributed by atoms with Gasteiger partial charge in [-0.2, -0.15) is 0 Å². The third-order valence-electron chi connectivity index (χ3n) is 7.28. The van der Waals surface area contributed by atoms with Gasteiger partial charge in [-0.15, -0.1) is 11.3 Å². The number of hydrogen-bond acceptors (Lipinski definition) is 9. The molecule has 42 heavy (non-hydrogen) atoms. The smallest absolute Gasteiger partial charge is 0.410 e. The Balaban J connectivity index is 1.94. The number of ether oxygens (including phenoxy) is 1. The molecule has 0 unspecified atom stereocenters. The van der Waals surface area contributed by atoms with Crippen molar-refractivity contribution < 1.29 is 29.0 Å². The van der Waals surface area contributed by atoms with Crippen molar-refractivity contribution in [2.45, 2.75) is 64.8 Å². The van der Waals surface area contributed by atoms with Crippen LogP contribution in [0.1, 0.15) is 39.2 Å². The molecule has 0 spiro atoms. The highest BCUT2D eigenvalue weighted by atomic mass is 32.1. The van der Waals surface area contributed by atoms with Crippen LogP contribution in [0.3, 0.4) is 0 Å². The van der Waals surface area contributed by atoms with Gasteiger partial charge in [0.25, 0.3) is 5.56 Å². The number of carboxylic acid groups (broad SMARTS) is 1. The van der Waals surface area contributed by atoms with Gasteiger partial charge in [-0.1, -0.05) is 30.9 Å². The van der Waals surface area contributed by atoms with Crippen LogP contribution in [0.5, 0.6) is 0 Å². The van der Waals surface area contributed by atoms with E-state index in [1.165, 1.54) is 41.9 Å². The number of amides is 1. The standard InChI is InChI=1S/C29H34N4O8S/c1-6-8-18(9-7-2)20(41-28(39)31-13-10-19(34)11-14-31)16-32-25-21(17(3)22(42-25)23-30-12-15-40-23)24(35)33(27(32)38)29(4,5)26(36)37/h6-9,12,15,19-20,34H,1,10-11,13-14,16H2,2-5H3,(H,36,37)/b9-7-,18-8+/t20-/m0/s1. The number of allylic oxidation sites excluding steroid dienone is 3. The second-order valence-corrected chi connectivity index (χ2v) is 11.5. The summed E-state index contributed by atoms with van der Waals surface area (Å²) in [4.78, 5) is 59.8. The number of oxazole rings is 1. The highest BCUT2D eigenvalue weighted by Gasteiger charge is 2.36. The number of piperidine rings is 1. The van der Waals surface area contributed by atoms with Crippen molar-refractivity contribution in [3.05, 3.63) is 75.3 Å². The molecule has 0 aromatic carbocycles. The summed E-state index contributed by atoms with van der Waals surface area (Å²) in [6.07, 6.45) is 8.17. The van der Waals surface area contributed by atoms with E-state index in [1.54, 1.807) is 32.1 Å². The number of aromatic nitrogens is 3. The first-order valence-electron chi connectivity index (χ1n) is 13.4. The van der Waals surface area contributed by atoms with Gasteiger partial charge >= 0.3 is 17.8 Å². The predicted molar refractivity (Wildman–Crippen MR) is 158 cm³/mol. The predicted octanol–water partition coefficient (Wildman–Crippen LogP) is 3.66. The number of carbonyl (C=O) groups excluding carboxylic acids is 1. The molecule has 1 fully saturated rings. The maximum absolute atomic E-state index is 14.1. The average Bonchev–Trinajstić information content (AvgIpc) is 3.58. The molecule has 3 aromatic rings. The number of aliphatic hydroxyl groups is 1. The number of nitrogens with zero attached hydrogens (tertiary/aromatic N) is 4. The molecular weight excluding hydrogens is 564 g/mol. The van der Waals surface area contributed by atoms with Crippen molar-refractivity contribution in [2.75, 3.05) is 13.1 Å². The molecule has 13 heteroatoms. The number of rotatable bonds is 9. The van der Waals surface area contributed by atoms with Gasteiger partial charge in [0.05, 0.1) is 29.1 Å². The van der Waals surface area contributed by atoms with E-state index >= 15 is 0 Å². The van der Waals surface area contributed by atoms with Crippen molar-refractivity contribution in [3.63, 3.8) is 0 Å². The summed E-state index contributed by atoms with van der Waals surface area (Å²) in [5.74, 6) is -1.13. The Hall–Kier alpha value is -4.23. The molecule has 12 nitrogen and oxygen atoms in total. The van der Waals surface area contributed by atoms with E-state index in [2.05, 4.69) is 11.6 Å². The molecule has 1 aliphatic rings. The monoisotopic (exact) mass is 598 g/mol. The molecule has 4 heterocycles. The topological polar surface area (TPSA) is 157 Å². The zero-order chi connectivity index (χ0) is 30.8. The Kier molecular flexibility index (Phi) is 9.02. The van der Waals surface area contributed by atoms with Crippen molar-refractivity contribution in [1.82, 2.24) is 19.0 Å². The molecule has 1 amide bonds. The quantitative estimate of drug-likeness (QED) is 0.351. The van der Waals surface area contributed by atoms with Crippen LogP contribution in [0.2, 0.25) is 0 Å². The van der Waals surface area contributed by atoms with Crippen LogP contribution in [0.4, 0.5) is 4.79 Å². The SMILES string of the molecule is C=C/C=C(\C=C/C)[C@H](Cn1c(=O)n(C(C)(C)C(=O)O)c(=O)c2c(C)c(-c3ncco3)sc21)OC(=O)N1CCC(O)CC1. The fourth-order valence-electron chi connectivity index (χ4n) is 4.86. The van der Waals surface area contributed by atoms with Crippen LogP contribution in [0.25, 0.3) is 21.0 Å². The van der Waals surface area contributed by atoms with Crippen LogP contribution < -0.4 is 11.2 Å². The number of carbonyl (C=O) groups is 2. The molecule has 0 radical (unpaired) electrons. The summed E-state index contributed by atoms with van der Waals surface area (Å²) in [6, 6.07) is 0. The van der Waals surface area contributed by atoms with E-state index in [4.69, 9.17) is 9.15 Å². The molecular formula is C29H34N4O8S. The van der Waals surface area contributed by atoms with Gasteiger partial charge in [-0.25, -0.2) is 23.9 Å². The number of aliphatic hydroxyl groups excluding tert-OH is 1. The number of thiophene rings is 1. The number of likely N-dealkylation sites (tertiary alicyclic amines) is 1. The second-order valence-electron chi connectivity index (χ2n) is 10.5. The maximum Gasteiger partial charge on any atom is 0.410 e. The van der Waals surface area contributed by atoms with E-state index in [1.807, 2.05) is 0 Å². The molecule has 2 N–H and O–H groups in total. The minimum atomic E-state index is -1.90. The van der Waals surface area contributed by atoms with Gasteiger partial charge in [0.2, 0.25) is 5.89 Å². The van der Waals surface area contributed by atoms with E-state index in [0.29, 0.717) is 46.5 Å².